The summed E-state index contributed by atoms with van der Waals surface area (Å²) < 4.78 is 0. The van der Waals surface area contributed by atoms with Gasteiger partial charge >= 0.3 is 0 Å². The Labute approximate surface area is 92.4 Å². The predicted octanol–water partition coefficient (Wildman–Crippen LogP) is 3.04. The van der Waals surface area contributed by atoms with Gasteiger partial charge in [0.1, 0.15) is 0 Å². The van der Waals surface area contributed by atoms with Crippen LogP contribution in [0.15, 0.2) is 36.4 Å². The zero-order valence-corrected chi connectivity index (χ0v) is 9.61. The molecule has 0 spiro atoms. The minimum atomic E-state index is 0.639. The van der Waals surface area contributed by atoms with E-state index < -0.39 is 0 Å². The molecule has 15 heavy (non-hydrogen) atoms. The molecule has 0 saturated carbocycles. The maximum atomic E-state index is 2.41. The summed E-state index contributed by atoms with van der Waals surface area (Å²) in [7, 11) is 2.21. The van der Waals surface area contributed by atoms with Gasteiger partial charge in [0.2, 0.25) is 0 Å². The molecule has 1 aliphatic rings. The van der Waals surface area contributed by atoms with Crippen molar-refractivity contribution in [3.05, 3.63) is 42.0 Å². The van der Waals surface area contributed by atoms with Crippen LogP contribution >= 0.6 is 0 Å². The number of nitrogens with zero attached hydrogens (tertiary/aromatic N) is 1. The fourth-order valence-corrected chi connectivity index (χ4v) is 2.33. The summed E-state index contributed by atoms with van der Waals surface area (Å²) in [6.45, 7) is 4.67. The second-order valence-electron chi connectivity index (χ2n) is 4.48. The van der Waals surface area contributed by atoms with Gasteiger partial charge in [-0.3, -0.25) is 0 Å². The summed E-state index contributed by atoms with van der Waals surface area (Å²) in [5.74, 6) is 0.639. The molecule has 1 aromatic carbocycles. The van der Waals surface area contributed by atoms with E-state index in [1.165, 1.54) is 30.6 Å². The van der Waals surface area contributed by atoms with Gasteiger partial charge < -0.3 is 4.90 Å². The smallest absolute Gasteiger partial charge is 0.00448 e. The minimum Gasteiger partial charge on any atom is -0.305 e. The quantitative estimate of drug-likeness (QED) is 0.675. The van der Waals surface area contributed by atoms with Crippen molar-refractivity contribution in [2.75, 3.05) is 20.1 Å². The molecule has 1 heteroatoms. The molecule has 0 aliphatic carbocycles. The molecule has 1 nitrogen and oxygen atoms in total. The fourth-order valence-electron chi connectivity index (χ4n) is 2.33. The average molecular weight is 201 g/mol. The molecule has 0 bridgehead atoms. The monoisotopic (exact) mass is 201 g/mol. The van der Waals surface area contributed by atoms with Crippen molar-refractivity contribution in [1.29, 1.82) is 0 Å². The SMILES string of the molecule is C[C@H]1CN(C)CCC=C1c1ccccc1. The molecular weight excluding hydrogens is 182 g/mol. The van der Waals surface area contributed by atoms with Crippen molar-refractivity contribution >= 4 is 5.57 Å². The summed E-state index contributed by atoms with van der Waals surface area (Å²) in [5.41, 5.74) is 2.90. The van der Waals surface area contributed by atoms with Crippen molar-refractivity contribution in [3.63, 3.8) is 0 Å². The third-order valence-electron chi connectivity index (χ3n) is 3.10. The zero-order chi connectivity index (χ0) is 10.7. The normalized spacial score (nSPS) is 23.3. The van der Waals surface area contributed by atoms with Gasteiger partial charge in [-0.05, 0) is 30.5 Å². The Morgan fingerprint density at radius 2 is 1.93 bits per heavy atom. The Morgan fingerprint density at radius 1 is 1.20 bits per heavy atom. The first-order valence-corrected chi connectivity index (χ1v) is 5.71. The Balaban J connectivity index is 2.24. The molecule has 1 heterocycles. The van der Waals surface area contributed by atoms with Gasteiger partial charge in [0.25, 0.3) is 0 Å². The summed E-state index contributed by atoms with van der Waals surface area (Å²) >= 11 is 0. The number of hydrogen-bond donors (Lipinski definition) is 0. The fraction of sp³-hybridized carbons (Fsp3) is 0.429. The highest BCUT2D eigenvalue weighted by Gasteiger charge is 2.15. The molecule has 0 unspecified atom stereocenters. The molecule has 80 valence electrons. The Bertz CT molecular complexity index is 340. The highest BCUT2D eigenvalue weighted by Crippen LogP contribution is 2.26. The summed E-state index contributed by atoms with van der Waals surface area (Å²) in [6.07, 6.45) is 3.58. The van der Waals surface area contributed by atoms with Crippen LogP contribution in [0.25, 0.3) is 5.57 Å². The molecule has 0 radical (unpaired) electrons. The first-order valence-electron chi connectivity index (χ1n) is 5.71. The average Bonchev–Trinajstić information content (AvgIpc) is 2.40. The van der Waals surface area contributed by atoms with Crippen LogP contribution in [0.1, 0.15) is 18.9 Å². The molecule has 2 rings (SSSR count). The van der Waals surface area contributed by atoms with Crippen LogP contribution in [-0.4, -0.2) is 25.0 Å². The van der Waals surface area contributed by atoms with Gasteiger partial charge in [-0.2, -0.15) is 0 Å². The van der Waals surface area contributed by atoms with Gasteiger partial charge in [-0.15, -0.1) is 0 Å². The van der Waals surface area contributed by atoms with E-state index in [0.29, 0.717) is 5.92 Å². The van der Waals surface area contributed by atoms with E-state index in [1.807, 2.05) is 0 Å². The van der Waals surface area contributed by atoms with E-state index in [2.05, 4.69) is 55.3 Å². The third kappa shape index (κ3) is 2.48. The number of benzene rings is 1. The van der Waals surface area contributed by atoms with Crippen LogP contribution in [0.4, 0.5) is 0 Å². The highest BCUT2D eigenvalue weighted by atomic mass is 15.1. The van der Waals surface area contributed by atoms with Gasteiger partial charge in [-0.1, -0.05) is 43.3 Å². The number of rotatable bonds is 1. The second kappa shape index (κ2) is 4.63. The molecule has 1 aliphatic heterocycles. The van der Waals surface area contributed by atoms with E-state index in [9.17, 15) is 0 Å². The van der Waals surface area contributed by atoms with Crippen LogP contribution in [0.2, 0.25) is 0 Å². The lowest BCUT2D eigenvalue weighted by atomic mass is 9.93. The van der Waals surface area contributed by atoms with E-state index in [-0.39, 0.29) is 0 Å². The van der Waals surface area contributed by atoms with Gasteiger partial charge in [0, 0.05) is 13.1 Å². The highest BCUT2D eigenvalue weighted by molar-refractivity contribution is 5.67. The van der Waals surface area contributed by atoms with Crippen molar-refractivity contribution in [2.45, 2.75) is 13.3 Å². The van der Waals surface area contributed by atoms with Crippen LogP contribution in [0, 0.1) is 5.92 Å². The molecule has 1 aromatic rings. The zero-order valence-electron chi connectivity index (χ0n) is 9.61. The Kier molecular flexibility index (Phi) is 3.22. The van der Waals surface area contributed by atoms with Crippen molar-refractivity contribution in [3.8, 4) is 0 Å². The van der Waals surface area contributed by atoms with Crippen LogP contribution in [0.5, 0.6) is 0 Å². The molecule has 0 N–H and O–H groups in total. The Morgan fingerprint density at radius 3 is 2.67 bits per heavy atom. The van der Waals surface area contributed by atoms with Crippen LogP contribution < -0.4 is 0 Å². The lowest BCUT2D eigenvalue weighted by Crippen LogP contribution is -2.23. The lowest BCUT2D eigenvalue weighted by Gasteiger charge is -2.19. The first kappa shape index (κ1) is 10.4. The van der Waals surface area contributed by atoms with E-state index >= 15 is 0 Å². The molecule has 0 amide bonds. The molecular formula is C14H19N. The summed E-state index contributed by atoms with van der Waals surface area (Å²) in [5, 5.41) is 0. The maximum Gasteiger partial charge on any atom is 0.00448 e. The standard InChI is InChI=1S/C14H19N/c1-12-11-15(2)10-6-9-14(12)13-7-4-3-5-8-13/h3-5,7-9,12H,6,10-11H2,1-2H3/t12-/m0/s1. The molecule has 0 fully saturated rings. The van der Waals surface area contributed by atoms with Crippen molar-refractivity contribution in [2.24, 2.45) is 5.92 Å². The van der Waals surface area contributed by atoms with E-state index in [0.717, 1.165) is 0 Å². The maximum absolute atomic E-state index is 2.41. The van der Waals surface area contributed by atoms with Gasteiger partial charge in [0.05, 0.1) is 0 Å². The molecule has 0 aromatic heterocycles. The largest absolute Gasteiger partial charge is 0.305 e. The third-order valence-corrected chi connectivity index (χ3v) is 3.10. The topological polar surface area (TPSA) is 3.24 Å². The minimum absolute atomic E-state index is 0.639. The lowest BCUT2D eigenvalue weighted by molar-refractivity contribution is 0.324. The molecule has 1 atom stereocenters. The van der Waals surface area contributed by atoms with Gasteiger partial charge in [-0.25, -0.2) is 0 Å². The van der Waals surface area contributed by atoms with Crippen LogP contribution in [0.3, 0.4) is 0 Å². The summed E-state index contributed by atoms with van der Waals surface area (Å²) in [4.78, 5) is 2.41. The van der Waals surface area contributed by atoms with E-state index in [4.69, 9.17) is 0 Å². The predicted molar refractivity (Wildman–Crippen MR) is 65.7 cm³/mol. The van der Waals surface area contributed by atoms with E-state index in [1.54, 1.807) is 0 Å². The van der Waals surface area contributed by atoms with Crippen molar-refractivity contribution < 1.29 is 0 Å². The number of hydrogen-bond acceptors (Lipinski definition) is 1. The first-order chi connectivity index (χ1) is 7.27. The van der Waals surface area contributed by atoms with Gasteiger partial charge in [0.15, 0.2) is 0 Å². The van der Waals surface area contributed by atoms with Crippen LogP contribution in [-0.2, 0) is 0 Å². The molecule has 0 saturated heterocycles. The second-order valence-corrected chi connectivity index (χ2v) is 4.48. The Hall–Kier alpha value is -1.08. The van der Waals surface area contributed by atoms with Crippen molar-refractivity contribution in [1.82, 2.24) is 4.90 Å². The summed E-state index contributed by atoms with van der Waals surface area (Å²) in [6, 6.07) is 10.8.